The molecule has 0 spiro atoms. The molecule has 2 heteroatoms. The maximum Gasteiger partial charge on any atom is 0.223 e. The first-order chi connectivity index (χ1) is 8.86. The van der Waals surface area contributed by atoms with Crippen LogP contribution in [0.25, 0.3) is 0 Å². The summed E-state index contributed by atoms with van der Waals surface area (Å²) in [5.74, 6) is 0.430. The average Bonchev–Trinajstić information content (AvgIpc) is 2.45. The molecular weight excluding hydrogens is 222 g/mol. The van der Waals surface area contributed by atoms with E-state index in [4.69, 9.17) is 0 Å². The zero-order valence-electron chi connectivity index (χ0n) is 10.8. The number of aryl methyl sites for hydroxylation is 1. The fraction of sp³-hybridized carbons (Fsp3) is 0.438. The van der Waals surface area contributed by atoms with Crippen LogP contribution in [0.1, 0.15) is 31.2 Å². The molecule has 96 valence electrons. The average molecular weight is 243 g/mol. The van der Waals surface area contributed by atoms with E-state index in [1.54, 1.807) is 0 Å². The van der Waals surface area contributed by atoms with Crippen molar-refractivity contribution < 1.29 is 4.79 Å². The lowest BCUT2D eigenvalue weighted by molar-refractivity contribution is -0.125. The van der Waals surface area contributed by atoms with Gasteiger partial charge in [0.05, 0.1) is 0 Å². The molecule has 1 aromatic rings. The molecule has 1 aliphatic rings. The van der Waals surface area contributed by atoms with E-state index in [1.165, 1.54) is 5.56 Å². The monoisotopic (exact) mass is 243 g/mol. The Balaban J connectivity index is 1.63. The number of carbonyl (C=O) groups excluding carboxylic acids is 1. The maximum atomic E-state index is 11.9. The molecule has 0 saturated heterocycles. The molecular formula is C16H21NO. The van der Waals surface area contributed by atoms with Crippen LogP contribution in [0.4, 0.5) is 0 Å². The van der Waals surface area contributed by atoms with Gasteiger partial charge in [0.2, 0.25) is 5.91 Å². The Morgan fingerprint density at radius 2 is 2.06 bits per heavy atom. The van der Waals surface area contributed by atoms with Crippen LogP contribution in [-0.4, -0.2) is 12.5 Å². The fourth-order valence-corrected chi connectivity index (χ4v) is 2.32. The third kappa shape index (κ3) is 4.02. The van der Waals surface area contributed by atoms with Crippen LogP contribution in [0.5, 0.6) is 0 Å². The predicted molar refractivity (Wildman–Crippen MR) is 74.3 cm³/mol. The summed E-state index contributed by atoms with van der Waals surface area (Å²) in [6, 6.07) is 10.4. The zero-order chi connectivity index (χ0) is 12.6. The number of rotatable bonds is 5. The van der Waals surface area contributed by atoms with Crippen molar-refractivity contribution in [3.05, 3.63) is 48.0 Å². The SMILES string of the molecule is O=C(NCCCc1ccccc1)[C@H]1CC=CCC1. The van der Waals surface area contributed by atoms with Gasteiger partial charge < -0.3 is 5.32 Å². The fourth-order valence-electron chi connectivity index (χ4n) is 2.32. The first kappa shape index (κ1) is 12.9. The first-order valence-corrected chi connectivity index (χ1v) is 6.83. The Morgan fingerprint density at radius 1 is 1.22 bits per heavy atom. The Morgan fingerprint density at radius 3 is 2.78 bits per heavy atom. The van der Waals surface area contributed by atoms with Crippen molar-refractivity contribution in [1.29, 1.82) is 0 Å². The van der Waals surface area contributed by atoms with Gasteiger partial charge in [-0.3, -0.25) is 4.79 Å². The Kier molecular flexibility index (Phi) is 5.00. The van der Waals surface area contributed by atoms with Crippen LogP contribution >= 0.6 is 0 Å². The summed E-state index contributed by atoms with van der Waals surface area (Å²) in [5, 5.41) is 3.05. The number of hydrogen-bond donors (Lipinski definition) is 1. The molecule has 0 fully saturated rings. The van der Waals surface area contributed by atoms with Crippen molar-refractivity contribution >= 4 is 5.91 Å². The third-order valence-corrected chi connectivity index (χ3v) is 3.42. The molecule has 0 saturated carbocycles. The zero-order valence-corrected chi connectivity index (χ0v) is 10.8. The Bertz CT molecular complexity index is 397. The van der Waals surface area contributed by atoms with Gasteiger partial charge in [-0.15, -0.1) is 0 Å². The Labute approximate surface area is 109 Å². The summed E-state index contributed by atoms with van der Waals surface area (Å²) >= 11 is 0. The number of amides is 1. The van der Waals surface area contributed by atoms with E-state index >= 15 is 0 Å². The van der Waals surface area contributed by atoms with E-state index in [-0.39, 0.29) is 11.8 Å². The van der Waals surface area contributed by atoms with Gasteiger partial charge >= 0.3 is 0 Å². The van der Waals surface area contributed by atoms with Gasteiger partial charge in [-0.2, -0.15) is 0 Å². The highest BCUT2D eigenvalue weighted by Gasteiger charge is 2.17. The van der Waals surface area contributed by atoms with Gasteiger partial charge in [-0.05, 0) is 37.7 Å². The number of nitrogens with one attached hydrogen (secondary N) is 1. The van der Waals surface area contributed by atoms with E-state index in [0.29, 0.717) is 0 Å². The minimum Gasteiger partial charge on any atom is -0.356 e. The quantitative estimate of drug-likeness (QED) is 0.625. The van der Waals surface area contributed by atoms with Crippen LogP contribution in [0, 0.1) is 5.92 Å². The molecule has 0 aromatic heterocycles. The minimum atomic E-state index is 0.201. The molecule has 1 atom stereocenters. The molecule has 0 heterocycles. The van der Waals surface area contributed by atoms with E-state index in [2.05, 4.69) is 41.7 Å². The summed E-state index contributed by atoms with van der Waals surface area (Å²) in [6.07, 6.45) is 9.29. The van der Waals surface area contributed by atoms with Gasteiger partial charge in [0.25, 0.3) is 0 Å². The Hall–Kier alpha value is -1.57. The van der Waals surface area contributed by atoms with Crippen molar-refractivity contribution in [2.24, 2.45) is 5.92 Å². The minimum absolute atomic E-state index is 0.201. The standard InChI is InChI=1S/C16H21NO/c18-16(15-11-5-2-6-12-15)17-13-7-10-14-8-3-1-4-9-14/h1-5,8-9,15H,6-7,10-13H2,(H,17,18)/t15-/m0/s1. The highest BCUT2D eigenvalue weighted by Crippen LogP contribution is 2.17. The van der Waals surface area contributed by atoms with Crippen LogP contribution in [0.3, 0.4) is 0 Å². The molecule has 1 N–H and O–H groups in total. The summed E-state index contributed by atoms with van der Waals surface area (Å²) in [6.45, 7) is 0.786. The van der Waals surface area contributed by atoms with E-state index in [0.717, 1.165) is 38.6 Å². The number of allylic oxidation sites excluding steroid dienone is 2. The molecule has 2 rings (SSSR count). The highest BCUT2D eigenvalue weighted by atomic mass is 16.1. The van der Waals surface area contributed by atoms with Gasteiger partial charge in [0.1, 0.15) is 0 Å². The maximum absolute atomic E-state index is 11.9. The van der Waals surface area contributed by atoms with E-state index in [1.807, 2.05) is 6.07 Å². The molecule has 0 aliphatic heterocycles. The summed E-state index contributed by atoms with van der Waals surface area (Å²) in [7, 11) is 0. The van der Waals surface area contributed by atoms with Crippen molar-refractivity contribution in [2.45, 2.75) is 32.1 Å². The summed E-state index contributed by atoms with van der Waals surface area (Å²) in [5.41, 5.74) is 1.34. The largest absolute Gasteiger partial charge is 0.356 e. The second-order valence-corrected chi connectivity index (χ2v) is 4.86. The molecule has 2 nitrogen and oxygen atoms in total. The van der Waals surface area contributed by atoms with Gasteiger partial charge in [-0.25, -0.2) is 0 Å². The molecule has 1 amide bonds. The molecule has 0 radical (unpaired) electrons. The highest BCUT2D eigenvalue weighted by molar-refractivity contribution is 5.78. The molecule has 18 heavy (non-hydrogen) atoms. The smallest absolute Gasteiger partial charge is 0.223 e. The second kappa shape index (κ2) is 7.00. The first-order valence-electron chi connectivity index (χ1n) is 6.83. The van der Waals surface area contributed by atoms with Gasteiger partial charge in [0.15, 0.2) is 0 Å². The molecule has 0 unspecified atom stereocenters. The van der Waals surface area contributed by atoms with Crippen molar-refractivity contribution in [3.63, 3.8) is 0 Å². The number of hydrogen-bond acceptors (Lipinski definition) is 1. The van der Waals surface area contributed by atoms with Crippen molar-refractivity contribution in [2.75, 3.05) is 6.54 Å². The van der Waals surface area contributed by atoms with Crippen LogP contribution in [0.2, 0.25) is 0 Å². The van der Waals surface area contributed by atoms with E-state index < -0.39 is 0 Å². The van der Waals surface area contributed by atoms with Crippen molar-refractivity contribution in [3.8, 4) is 0 Å². The van der Waals surface area contributed by atoms with Gasteiger partial charge in [0, 0.05) is 12.5 Å². The molecule has 1 aliphatic carbocycles. The van der Waals surface area contributed by atoms with E-state index in [9.17, 15) is 4.79 Å². The van der Waals surface area contributed by atoms with Crippen LogP contribution in [0.15, 0.2) is 42.5 Å². The predicted octanol–water partition coefficient (Wildman–Crippen LogP) is 3.09. The number of carbonyl (C=O) groups is 1. The normalized spacial score (nSPS) is 18.6. The van der Waals surface area contributed by atoms with Crippen molar-refractivity contribution in [1.82, 2.24) is 5.32 Å². The number of benzene rings is 1. The summed E-state index contributed by atoms with van der Waals surface area (Å²) < 4.78 is 0. The second-order valence-electron chi connectivity index (χ2n) is 4.86. The van der Waals surface area contributed by atoms with Crippen LogP contribution < -0.4 is 5.32 Å². The lowest BCUT2D eigenvalue weighted by Gasteiger charge is -2.17. The molecule has 1 aromatic carbocycles. The third-order valence-electron chi connectivity index (χ3n) is 3.42. The lowest BCUT2D eigenvalue weighted by atomic mass is 9.93. The topological polar surface area (TPSA) is 29.1 Å². The molecule has 0 bridgehead atoms. The van der Waals surface area contributed by atoms with Crippen LogP contribution in [-0.2, 0) is 11.2 Å². The van der Waals surface area contributed by atoms with Gasteiger partial charge in [-0.1, -0.05) is 42.5 Å². The lowest BCUT2D eigenvalue weighted by Crippen LogP contribution is -2.32. The summed E-state index contributed by atoms with van der Waals surface area (Å²) in [4.78, 5) is 11.9.